The third kappa shape index (κ3) is 3.79. The summed E-state index contributed by atoms with van der Waals surface area (Å²) >= 11 is 0. The molecule has 1 aromatic rings. The van der Waals surface area contributed by atoms with Gasteiger partial charge in [0, 0.05) is 6.42 Å². The van der Waals surface area contributed by atoms with Crippen LogP contribution in [0, 0.1) is 0 Å². The van der Waals surface area contributed by atoms with E-state index in [1.165, 1.54) is 33.5 Å². The highest BCUT2D eigenvalue weighted by atomic mass is 19.4. The van der Waals surface area contributed by atoms with E-state index in [4.69, 9.17) is 14.2 Å². The van der Waals surface area contributed by atoms with Crippen molar-refractivity contribution in [2.24, 2.45) is 0 Å². The van der Waals surface area contributed by atoms with Gasteiger partial charge in [-0.15, -0.1) is 0 Å². The molecule has 0 amide bonds. The van der Waals surface area contributed by atoms with Crippen molar-refractivity contribution in [3.63, 3.8) is 0 Å². The molecule has 0 saturated heterocycles. The minimum absolute atomic E-state index is 0.0365. The Morgan fingerprint density at radius 1 is 1.05 bits per heavy atom. The minimum Gasteiger partial charge on any atom is -0.493 e. The molecule has 4 nitrogen and oxygen atoms in total. The standard InChI is InChI=1S/C13H15F3O4/c1-18-10-5-4-8(11(19-2)12(10)20-3)9(17)6-7-13(14,15)16/h4-5H,6-7H2,1-3H3. The predicted octanol–water partition coefficient (Wildman–Crippen LogP) is 3.24. The molecule has 0 aliphatic carbocycles. The maximum Gasteiger partial charge on any atom is 0.389 e. The van der Waals surface area contributed by atoms with Crippen LogP contribution < -0.4 is 14.2 Å². The van der Waals surface area contributed by atoms with Gasteiger partial charge >= 0.3 is 6.18 Å². The van der Waals surface area contributed by atoms with Crippen LogP contribution in [0.25, 0.3) is 0 Å². The molecule has 0 saturated carbocycles. The lowest BCUT2D eigenvalue weighted by Gasteiger charge is -2.15. The molecule has 0 bridgehead atoms. The lowest BCUT2D eigenvalue weighted by molar-refractivity contribution is -0.133. The van der Waals surface area contributed by atoms with E-state index < -0.39 is 24.8 Å². The van der Waals surface area contributed by atoms with Crippen LogP contribution in [-0.4, -0.2) is 33.3 Å². The van der Waals surface area contributed by atoms with Crippen LogP contribution in [-0.2, 0) is 0 Å². The normalized spacial score (nSPS) is 11.1. The fourth-order valence-electron chi connectivity index (χ4n) is 1.71. The van der Waals surface area contributed by atoms with E-state index in [1.807, 2.05) is 0 Å². The molecule has 7 heteroatoms. The monoisotopic (exact) mass is 292 g/mol. The molecule has 112 valence electrons. The topological polar surface area (TPSA) is 44.8 Å². The molecule has 0 spiro atoms. The number of ketones is 1. The van der Waals surface area contributed by atoms with Crippen LogP contribution in [0.1, 0.15) is 23.2 Å². The quantitative estimate of drug-likeness (QED) is 0.755. The number of alkyl halides is 3. The van der Waals surface area contributed by atoms with E-state index >= 15 is 0 Å². The Labute approximate surface area is 114 Å². The van der Waals surface area contributed by atoms with E-state index in [1.54, 1.807) is 0 Å². The number of halogens is 3. The summed E-state index contributed by atoms with van der Waals surface area (Å²) in [7, 11) is 4.06. The minimum atomic E-state index is -4.38. The summed E-state index contributed by atoms with van der Waals surface area (Å²) in [5.41, 5.74) is 0.0365. The number of methoxy groups -OCH3 is 3. The molecule has 0 radical (unpaired) electrons. The van der Waals surface area contributed by atoms with Gasteiger partial charge in [-0.2, -0.15) is 13.2 Å². The summed E-state index contributed by atoms with van der Waals surface area (Å²) in [6, 6.07) is 2.81. The Bertz CT molecular complexity index is 483. The van der Waals surface area contributed by atoms with Gasteiger partial charge < -0.3 is 14.2 Å². The van der Waals surface area contributed by atoms with E-state index in [9.17, 15) is 18.0 Å². The summed E-state index contributed by atoms with van der Waals surface area (Å²) in [6.45, 7) is 0. The average molecular weight is 292 g/mol. The van der Waals surface area contributed by atoms with Gasteiger partial charge in [0.15, 0.2) is 17.3 Å². The zero-order valence-corrected chi connectivity index (χ0v) is 11.3. The SMILES string of the molecule is COc1ccc(C(=O)CCC(F)(F)F)c(OC)c1OC. The Kier molecular flexibility index (Phi) is 5.24. The Morgan fingerprint density at radius 3 is 2.10 bits per heavy atom. The van der Waals surface area contributed by atoms with Crippen LogP contribution >= 0.6 is 0 Å². The second kappa shape index (κ2) is 6.49. The van der Waals surface area contributed by atoms with Crippen molar-refractivity contribution in [2.75, 3.05) is 21.3 Å². The first-order valence-corrected chi connectivity index (χ1v) is 5.73. The molecule has 20 heavy (non-hydrogen) atoms. The predicted molar refractivity (Wildman–Crippen MR) is 65.7 cm³/mol. The van der Waals surface area contributed by atoms with Crippen molar-refractivity contribution in [3.05, 3.63) is 17.7 Å². The summed E-state index contributed by atoms with van der Waals surface area (Å²) < 4.78 is 51.6. The van der Waals surface area contributed by atoms with Crippen molar-refractivity contribution in [2.45, 2.75) is 19.0 Å². The van der Waals surface area contributed by atoms with Crippen molar-refractivity contribution in [1.29, 1.82) is 0 Å². The van der Waals surface area contributed by atoms with Gasteiger partial charge in [-0.3, -0.25) is 4.79 Å². The molecule has 0 unspecified atom stereocenters. The molecule has 1 aromatic carbocycles. The van der Waals surface area contributed by atoms with Gasteiger partial charge in [-0.1, -0.05) is 0 Å². The maximum atomic E-state index is 12.2. The number of ether oxygens (including phenoxy) is 3. The van der Waals surface area contributed by atoms with Gasteiger partial charge in [0.25, 0.3) is 0 Å². The summed E-state index contributed by atoms with van der Waals surface area (Å²) in [6.07, 6.45) is -6.20. The number of hydrogen-bond acceptors (Lipinski definition) is 4. The number of carbonyl (C=O) groups is 1. The highest BCUT2D eigenvalue weighted by molar-refractivity contribution is 6.00. The average Bonchev–Trinajstić information content (AvgIpc) is 2.41. The Balaban J connectivity index is 3.09. The third-order valence-corrected chi connectivity index (χ3v) is 2.64. The summed E-state index contributed by atoms with van der Waals surface area (Å²) in [4.78, 5) is 11.9. The van der Waals surface area contributed by atoms with E-state index in [0.29, 0.717) is 5.75 Å². The van der Waals surface area contributed by atoms with Gasteiger partial charge in [-0.25, -0.2) is 0 Å². The number of rotatable bonds is 6. The zero-order valence-electron chi connectivity index (χ0n) is 11.3. The fraction of sp³-hybridized carbons (Fsp3) is 0.462. The van der Waals surface area contributed by atoms with Gasteiger partial charge in [0.1, 0.15) is 0 Å². The summed E-state index contributed by atoms with van der Waals surface area (Å²) in [5, 5.41) is 0. The lowest BCUT2D eigenvalue weighted by atomic mass is 10.0. The second-order valence-electron chi connectivity index (χ2n) is 3.92. The molecule has 0 aliphatic heterocycles. The van der Waals surface area contributed by atoms with E-state index in [-0.39, 0.29) is 17.1 Å². The van der Waals surface area contributed by atoms with Crippen LogP contribution in [0.3, 0.4) is 0 Å². The highest BCUT2D eigenvalue weighted by Gasteiger charge is 2.29. The number of Topliss-reactive ketones (excluding diaryl/α,β-unsaturated/α-hetero) is 1. The van der Waals surface area contributed by atoms with Crippen LogP contribution in [0.4, 0.5) is 13.2 Å². The van der Waals surface area contributed by atoms with Crippen molar-refractivity contribution < 1.29 is 32.2 Å². The molecule has 0 atom stereocenters. The van der Waals surface area contributed by atoms with Crippen molar-refractivity contribution in [1.82, 2.24) is 0 Å². The Hall–Kier alpha value is -1.92. The first-order valence-electron chi connectivity index (χ1n) is 5.73. The number of carbonyl (C=O) groups excluding carboxylic acids is 1. The fourth-order valence-corrected chi connectivity index (χ4v) is 1.71. The van der Waals surface area contributed by atoms with Gasteiger partial charge in [0.2, 0.25) is 5.75 Å². The molecule has 0 N–H and O–H groups in total. The molecule has 0 fully saturated rings. The molecule has 1 rings (SSSR count). The lowest BCUT2D eigenvalue weighted by Crippen LogP contribution is -2.12. The molecular weight excluding hydrogens is 277 g/mol. The Morgan fingerprint density at radius 2 is 1.65 bits per heavy atom. The largest absolute Gasteiger partial charge is 0.493 e. The van der Waals surface area contributed by atoms with Crippen LogP contribution in [0.5, 0.6) is 17.2 Å². The molecule has 0 aliphatic rings. The molecular formula is C13H15F3O4. The van der Waals surface area contributed by atoms with E-state index in [0.717, 1.165) is 0 Å². The number of hydrogen-bond donors (Lipinski definition) is 0. The second-order valence-corrected chi connectivity index (χ2v) is 3.92. The highest BCUT2D eigenvalue weighted by Crippen LogP contribution is 2.40. The zero-order chi connectivity index (χ0) is 15.3. The first-order chi connectivity index (χ1) is 9.34. The smallest absolute Gasteiger partial charge is 0.389 e. The van der Waals surface area contributed by atoms with Crippen LogP contribution in [0.2, 0.25) is 0 Å². The van der Waals surface area contributed by atoms with Crippen molar-refractivity contribution >= 4 is 5.78 Å². The summed E-state index contributed by atoms with van der Waals surface area (Å²) in [5.74, 6) is -0.0938. The molecule has 0 heterocycles. The van der Waals surface area contributed by atoms with E-state index in [2.05, 4.69) is 0 Å². The molecule has 0 aromatic heterocycles. The van der Waals surface area contributed by atoms with Gasteiger partial charge in [0.05, 0.1) is 33.3 Å². The van der Waals surface area contributed by atoms with Crippen molar-refractivity contribution in [3.8, 4) is 17.2 Å². The van der Waals surface area contributed by atoms with Gasteiger partial charge in [-0.05, 0) is 12.1 Å². The maximum absolute atomic E-state index is 12.2. The van der Waals surface area contributed by atoms with Crippen LogP contribution in [0.15, 0.2) is 12.1 Å². The third-order valence-electron chi connectivity index (χ3n) is 2.64. The first kappa shape index (κ1) is 16.1. The number of benzene rings is 1.